The van der Waals surface area contributed by atoms with E-state index in [1.807, 2.05) is 18.7 Å². The number of hydrogen-bond acceptors (Lipinski definition) is 5. The minimum atomic E-state index is 0.363. The molecular weight excluding hydrogens is 270 g/mol. The lowest BCUT2D eigenvalue weighted by molar-refractivity contribution is 0.691. The molecule has 0 saturated heterocycles. The van der Waals surface area contributed by atoms with Crippen molar-refractivity contribution in [3.63, 3.8) is 0 Å². The zero-order valence-corrected chi connectivity index (χ0v) is 13.5. The number of rotatable bonds is 5. The Morgan fingerprint density at radius 3 is 2.65 bits per heavy atom. The van der Waals surface area contributed by atoms with E-state index in [0.29, 0.717) is 5.92 Å². The van der Waals surface area contributed by atoms with E-state index >= 15 is 0 Å². The van der Waals surface area contributed by atoms with Gasteiger partial charge in [-0.15, -0.1) is 0 Å². The van der Waals surface area contributed by atoms with Crippen LogP contribution in [-0.4, -0.2) is 26.3 Å². The molecule has 0 aromatic carbocycles. The molecule has 0 spiro atoms. The lowest BCUT2D eigenvalue weighted by Crippen LogP contribution is -2.07. The third-order valence-electron chi connectivity index (χ3n) is 2.93. The molecule has 0 aliphatic rings. The van der Waals surface area contributed by atoms with Gasteiger partial charge in [-0.1, -0.05) is 13.8 Å². The van der Waals surface area contributed by atoms with E-state index in [0.717, 1.165) is 28.1 Å². The van der Waals surface area contributed by atoms with Crippen LogP contribution in [0.15, 0.2) is 22.4 Å². The average Bonchev–Trinajstić information content (AvgIpc) is 2.68. The van der Waals surface area contributed by atoms with Crippen molar-refractivity contribution in [2.24, 2.45) is 7.05 Å². The fraction of sp³-hybridized carbons (Fsp3) is 0.500. The van der Waals surface area contributed by atoms with Crippen LogP contribution in [0.2, 0.25) is 0 Å². The van der Waals surface area contributed by atoms with Gasteiger partial charge >= 0.3 is 0 Å². The minimum absolute atomic E-state index is 0.363. The Hall–Kier alpha value is -1.56. The lowest BCUT2D eigenvalue weighted by Gasteiger charge is -2.15. The van der Waals surface area contributed by atoms with Crippen molar-refractivity contribution < 1.29 is 0 Å². The Bertz CT molecular complexity index is 591. The van der Waals surface area contributed by atoms with Crippen molar-refractivity contribution in [2.75, 3.05) is 11.9 Å². The van der Waals surface area contributed by atoms with Gasteiger partial charge in [0.05, 0.1) is 5.69 Å². The smallest absolute Gasteiger partial charge is 0.133 e. The second kappa shape index (κ2) is 6.26. The number of hydrogen-bond donors (Lipinski definition) is 1. The van der Waals surface area contributed by atoms with Crippen LogP contribution < -0.4 is 5.32 Å². The van der Waals surface area contributed by atoms with E-state index < -0.39 is 0 Å². The normalized spacial score (nSPS) is 11.1. The van der Waals surface area contributed by atoms with E-state index in [1.54, 1.807) is 18.1 Å². The summed E-state index contributed by atoms with van der Waals surface area (Å²) in [5.41, 5.74) is 2.18. The van der Waals surface area contributed by atoms with Crippen LogP contribution in [0, 0.1) is 6.92 Å². The average molecular weight is 291 g/mol. The first kappa shape index (κ1) is 14.8. The Morgan fingerprint density at radius 2 is 2.10 bits per heavy atom. The van der Waals surface area contributed by atoms with Crippen LogP contribution in [-0.2, 0) is 7.05 Å². The Labute approximate surface area is 124 Å². The summed E-state index contributed by atoms with van der Waals surface area (Å²) in [6, 6.07) is 2.07. The summed E-state index contributed by atoms with van der Waals surface area (Å²) in [4.78, 5) is 8.82. The Balaban J connectivity index is 2.40. The van der Waals surface area contributed by atoms with Gasteiger partial charge in [0.2, 0.25) is 0 Å². The van der Waals surface area contributed by atoms with E-state index in [4.69, 9.17) is 0 Å². The molecule has 0 unspecified atom stereocenters. The second-order valence-electron chi connectivity index (χ2n) is 4.98. The van der Waals surface area contributed by atoms with Crippen molar-refractivity contribution in [3.05, 3.63) is 23.7 Å². The molecule has 5 nitrogen and oxygen atoms in total. The summed E-state index contributed by atoms with van der Waals surface area (Å²) in [6.45, 7) is 9.25. The van der Waals surface area contributed by atoms with Gasteiger partial charge in [0.1, 0.15) is 22.2 Å². The zero-order chi connectivity index (χ0) is 14.7. The maximum absolute atomic E-state index is 4.46. The molecule has 0 bridgehead atoms. The van der Waals surface area contributed by atoms with Gasteiger partial charge in [0.15, 0.2) is 0 Å². The van der Waals surface area contributed by atoms with Crippen molar-refractivity contribution >= 4 is 17.6 Å². The third kappa shape index (κ3) is 3.12. The number of nitrogens with one attached hydrogen (secondary N) is 1. The summed E-state index contributed by atoms with van der Waals surface area (Å²) in [7, 11) is 1.96. The molecule has 108 valence electrons. The molecule has 0 saturated carbocycles. The molecule has 0 fully saturated rings. The SMILES string of the molecule is CCNc1ncnc(Sc2cc(C)nn2C)c1C(C)C. The summed E-state index contributed by atoms with van der Waals surface area (Å²) in [6.07, 6.45) is 1.62. The molecule has 0 radical (unpaired) electrons. The summed E-state index contributed by atoms with van der Waals surface area (Å²) in [5.74, 6) is 1.29. The van der Waals surface area contributed by atoms with E-state index in [-0.39, 0.29) is 0 Å². The topological polar surface area (TPSA) is 55.6 Å². The maximum Gasteiger partial charge on any atom is 0.133 e. The van der Waals surface area contributed by atoms with Gasteiger partial charge in [-0.2, -0.15) is 5.10 Å². The molecule has 1 N–H and O–H groups in total. The standard InChI is InChI=1S/C14H21N5S/c1-6-15-13-12(9(2)3)14(17-8-16-13)20-11-7-10(4)18-19(11)5/h7-9H,6H2,1-5H3,(H,15,16,17). The second-order valence-corrected chi connectivity index (χ2v) is 5.98. The van der Waals surface area contributed by atoms with Gasteiger partial charge < -0.3 is 5.32 Å². The third-order valence-corrected chi connectivity index (χ3v) is 4.04. The monoisotopic (exact) mass is 291 g/mol. The highest BCUT2D eigenvalue weighted by Gasteiger charge is 2.17. The first-order chi connectivity index (χ1) is 9.52. The van der Waals surface area contributed by atoms with Gasteiger partial charge in [-0.3, -0.25) is 4.68 Å². The predicted molar refractivity (Wildman–Crippen MR) is 82.4 cm³/mol. The number of aryl methyl sites for hydroxylation is 2. The van der Waals surface area contributed by atoms with Crippen LogP contribution in [0.1, 0.15) is 37.9 Å². The van der Waals surface area contributed by atoms with Crippen LogP contribution in [0.4, 0.5) is 5.82 Å². The van der Waals surface area contributed by atoms with E-state index in [2.05, 4.69) is 47.2 Å². The van der Waals surface area contributed by atoms with Crippen LogP contribution in [0.25, 0.3) is 0 Å². The molecule has 0 aliphatic heterocycles. The molecule has 2 aromatic heterocycles. The highest BCUT2D eigenvalue weighted by atomic mass is 32.2. The molecule has 0 amide bonds. The first-order valence-corrected chi connectivity index (χ1v) is 7.61. The molecule has 2 aromatic rings. The van der Waals surface area contributed by atoms with Crippen molar-refractivity contribution in [2.45, 2.75) is 43.7 Å². The van der Waals surface area contributed by atoms with Crippen molar-refractivity contribution in [1.29, 1.82) is 0 Å². The van der Waals surface area contributed by atoms with Gasteiger partial charge in [0, 0.05) is 19.2 Å². The quantitative estimate of drug-likeness (QED) is 0.857. The maximum atomic E-state index is 4.46. The van der Waals surface area contributed by atoms with Crippen molar-refractivity contribution in [1.82, 2.24) is 19.7 Å². The molecular formula is C14H21N5S. The number of anilines is 1. The number of nitrogens with zero attached hydrogens (tertiary/aromatic N) is 4. The van der Waals surface area contributed by atoms with E-state index in [1.165, 1.54) is 5.56 Å². The molecule has 2 rings (SSSR count). The van der Waals surface area contributed by atoms with Gasteiger partial charge in [-0.05, 0) is 37.6 Å². The highest BCUT2D eigenvalue weighted by molar-refractivity contribution is 7.99. The summed E-state index contributed by atoms with van der Waals surface area (Å²) >= 11 is 1.64. The zero-order valence-electron chi connectivity index (χ0n) is 12.6. The predicted octanol–water partition coefficient (Wildman–Crippen LogP) is 3.22. The molecule has 0 aliphatic carbocycles. The van der Waals surface area contributed by atoms with Crippen LogP contribution in [0.3, 0.4) is 0 Å². The molecule has 6 heteroatoms. The van der Waals surface area contributed by atoms with E-state index in [9.17, 15) is 0 Å². The largest absolute Gasteiger partial charge is 0.370 e. The lowest BCUT2D eigenvalue weighted by atomic mass is 10.1. The molecule has 2 heterocycles. The van der Waals surface area contributed by atoms with Crippen LogP contribution in [0.5, 0.6) is 0 Å². The van der Waals surface area contributed by atoms with Gasteiger partial charge in [0.25, 0.3) is 0 Å². The Kier molecular flexibility index (Phi) is 4.65. The summed E-state index contributed by atoms with van der Waals surface area (Å²) < 4.78 is 1.89. The van der Waals surface area contributed by atoms with Crippen LogP contribution >= 0.6 is 11.8 Å². The number of aromatic nitrogens is 4. The fourth-order valence-electron chi connectivity index (χ4n) is 2.07. The van der Waals surface area contributed by atoms with Crippen molar-refractivity contribution in [3.8, 4) is 0 Å². The highest BCUT2D eigenvalue weighted by Crippen LogP contribution is 2.35. The fourth-order valence-corrected chi connectivity index (χ4v) is 3.21. The Morgan fingerprint density at radius 1 is 1.35 bits per heavy atom. The summed E-state index contributed by atoms with van der Waals surface area (Å²) in [5, 5.41) is 9.78. The first-order valence-electron chi connectivity index (χ1n) is 6.80. The molecule has 20 heavy (non-hydrogen) atoms. The van der Waals surface area contributed by atoms with Gasteiger partial charge in [-0.25, -0.2) is 9.97 Å². The minimum Gasteiger partial charge on any atom is -0.370 e. The molecule has 0 atom stereocenters.